The Morgan fingerprint density at radius 3 is 2.45 bits per heavy atom. The van der Waals surface area contributed by atoms with Gasteiger partial charge in [-0.2, -0.15) is 0 Å². The zero-order valence-corrected chi connectivity index (χ0v) is 12.3. The highest BCUT2D eigenvalue weighted by atomic mass is 35.5. The minimum atomic E-state index is -0.128. The first kappa shape index (κ1) is 14.7. The van der Waals surface area contributed by atoms with E-state index in [9.17, 15) is 4.79 Å². The highest BCUT2D eigenvalue weighted by molar-refractivity contribution is 6.35. The van der Waals surface area contributed by atoms with Crippen LogP contribution in [-0.2, 0) is 11.4 Å². The average molecular weight is 310 g/mol. The lowest BCUT2D eigenvalue weighted by atomic mass is 10.2. The topological polar surface area (TPSA) is 38.3 Å². The Morgan fingerprint density at radius 2 is 1.80 bits per heavy atom. The van der Waals surface area contributed by atoms with Crippen molar-refractivity contribution in [3.8, 4) is 5.75 Å². The second-order valence-corrected chi connectivity index (χ2v) is 5.01. The van der Waals surface area contributed by atoms with Gasteiger partial charge in [0.2, 0.25) is 5.91 Å². The Morgan fingerprint density at radius 1 is 1.15 bits per heavy atom. The van der Waals surface area contributed by atoms with Gasteiger partial charge in [-0.3, -0.25) is 4.79 Å². The third-order valence-corrected chi connectivity index (χ3v) is 3.31. The van der Waals surface area contributed by atoms with Crippen molar-refractivity contribution in [1.82, 2.24) is 0 Å². The number of hydrogen-bond acceptors (Lipinski definition) is 2. The SMILES string of the molecule is CC(=O)Nc1cccc(OCc2c(Cl)cccc2Cl)c1. The fraction of sp³-hybridized carbons (Fsp3) is 0.133. The van der Waals surface area contributed by atoms with E-state index in [2.05, 4.69) is 5.32 Å². The van der Waals surface area contributed by atoms with E-state index in [0.717, 1.165) is 5.56 Å². The molecule has 20 heavy (non-hydrogen) atoms. The molecular weight excluding hydrogens is 297 g/mol. The molecule has 0 radical (unpaired) electrons. The van der Waals surface area contributed by atoms with Gasteiger partial charge in [-0.05, 0) is 24.3 Å². The van der Waals surface area contributed by atoms with Crippen molar-refractivity contribution in [3.05, 3.63) is 58.1 Å². The molecule has 2 aromatic carbocycles. The molecule has 0 atom stereocenters. The zero-order chi connectivity index (χ0) is 14.5. The Bertz CT molecular complexity index is 609. The molecule has 0 spiro atoms. The van der Waals surface area contributed by atoms with Crippen molar-refractivity contribution in [3.63, 3.8) is 0 Å². The fourth-order valence-electron chi connectivity index (χ4n) is 1.69. The summed E-state index contributed by atoms with van der Waals surface area (Å²) in [6.45, 7) is 1.72. The number of nitrogens with one attached hydrogen (secondary N) is 1. The lowest BCUT2D eigenvalue weighted by molar-refractivity contribution is -0.114. The summed E-state index contributed by atoms with van der Waals surface area (Å²) in [5, 5.41) is 3.83. The van der Waals surface area contributed by atoms with E-state index in [-0.39, 0.29) is 12.5 Å². The number of amides is 1. The van der Waals surface area contributed by atoms with E-state index in [0.29, 0.717) is 21.5 Å². The van der Waals surface area contributed by atoms with Gasteiger partial charge in [0, 0.05) is 34.3 Å². The maximum absolute atomic E-state index is 11.0. The van der Waals surface area contributed by atoms with Crippen LogP contribution < -0.4 is 10.1 Å². The third kappa shape index (κ3) is 3.89. The standard InChI is InChI=1S/C15H13Cl2NO2/c1-10(19)18-11-4-2-5-12(8-11)20-9-13-14(16)6-3-7-15(13)17/h2-8H,9H2,1H3,(H,18,19). The Kier molecular flexibility index (Phi) is 4.88. The molecule has 0 saturated heterocycles. The molecule has 0 aliphatic carbocycles. The number of benzene rings is 2. The van der Waals surface area contributed by atoms with E-state index in [4.69, 9.17) is 27.9 Å². The maximum atomic E-state index is 11.0. The van der Waals surface area contributed by atoms with E-state index < -0.39 is 0 Å². The van der Waals surface area contributed by atoms with Crippen molar-refractivity contribution in [2.24, 2.45) is 0 Å². The minimum Gasteiger partial charge on any atom is -0.489 e. The molecule has 0 aromatic heterocycles. The molecule has 104 valence electrons. The lowest BCUT2D eigenvalue weighted by Gasteiger charge is -2.10. The normalized spacial score (nSPS) is 10.2. The van der Waals surface area contributed by atoms with Gasteiger partial charge in [0.15, 0.2) is 0 Å². The Labute approximate surface area is 127 Å². The summed E-state index contributed by atoms with van der Waals surface area (Å²) in [7, 11) is 0. The van der Waals surface area contributed by atoms with E-state index in [1.165, 1.54) is 6.92 Å². The highest BCUT2D eigenvalue weighted by Gasteiger charge is 2.06. The number of rotatable bonds is 4. The largest absolute Gasteiger partial charge is 0.489 e. The van der Waals surface area contributed by atoms with Gasteiger partial charge in [0.25, 0.3) is 0 Å². The first-order valence-electron chi connectivity index (χ1n) is 5.99. The number of carbonyl (C=O) groups is 1. The summed E-state index contributed by atoms with van der Waals surface area (Å²) in [4.78, 5) is 11.0. The van der Waals surface area contributed by atoms with E-state index in [1.54, 1.807) is 42.5 Å². The smallest absolute Gasteiger partial charge is 0.221 e. The van der Waals surface area contributed by atoms with Crippen LogP contribution in [0.5, 0.6) is 5.75 Å². The van der Waals surface area contributed by atoms with Gasteiger partial charge in [-0.15, -0.1) is 0 Å². The van der Waals surface area contributed by atoms with Gasteiger partial charge < -0.3 is 10.1 Å². The molecule has 2 aromatic rings. The van der Waals surface area contributed by atoms with Crippen LogP contribution in [0.3, 0.4) is 0 Å². The number of halogens is 2. The number of hydrogen-bond donors (Lipinski definition) is 1. The van der Waals surface area contributed by atoms with Crippen LogP contribution in [0.2, 0.25) is 10.0 Å². The summed E-state index contributed by atoms with van der Waals surface area (Å²) in [6, 6.07) is 12.4. The molecular formula is C15H13Cl2NO2. The molecule has 1 amide bonds. The Hall–Kier alpha value is -1.71. The van der Waals surface area contributed by atoms with Crippen molar-refractivity contribution in [2.75, 3.05) is 5.32 Å². The molecule has 1 N–H and O–H groups in total. The van der Waals surface area contributed by atoms with E-state index in [1.807, 2.05) is 0 Å². The molecule has 0 unspecified atom stereocenters. The number of carbonyl (C=O) groups excluding carboxylic acids is 1. The first-order valence-corrected chi connectivity index (χ1v) is 6.75. The minimum absolute atomic E-state index is 0.128. The molecule has 2 rings (SSSR count). The predicted molar refractivity (Wildman–Crippen MR) is 81.5 cm³/mol. The van der Waals surface area contributed by atoms with Crippen LogP contribution in [0.25, 0.3) is 0 Å². The molecule has 0 aliphatic heterocycles. The van der Waals surface area contributed by atoms with Crippen LogP contribution in [0.15, 0.2) is 42.5 Å². The van der Waals surface area contributed by atoms with Gasteiger partial charge in [0.05, 0.1) is 0 Å². The average Bonchev–Trinajstić information content (AvgIpc) is 2.38. The summed E-state index contributed by atoms with van der Waals surface area (Å²) < 4.78 is 5.66. The zero-order valence-electron chi connectivity index (χ0n) is 10.8. The van der Waals surface area contributed by atoms with Crippen LogP contribution in [-0.4, -0.2) is 5.91 Å². The van der Waals surface area contributed by atoms with Crippen LogP contribution in [0.4, 0.5) is 5.69 Å². The van der Waals surface area contributed by atoms with Gasteiger partial charge in [-0.1, -0.05) is 35.3 Å². The first-order chi connectivity index (χ1) is 9.56. The second-order valence-electron chi connectivity index (χ2n) is 4.20. The van der Waals surface area contributed by atoms with Gasteiger partial charge in [0.1, 0.15) is 12.4 Å². The van der Waals surface area contributed by atoms with Crippen LogP contribution in [0, 0.1) is 0 Å². The summed E-state index contributed by atoms with van der Waals surface area (Å²) in [6.07, 6.45) is 0. The highest BCUT2D eigenvalue weighted by Crippen LogP contribution is 2.26. The predicted octanol–water partition coefficient (Wildman–Crippen LogP) is 4.53. The van der Waals surface area contributed by atoms with Gasteiger partial charge in [-0.25, -0.2) is 0 Å². The Balaban J connectivity index is 2.09. The number of anilines is 1. The van der Waals surface area contributed by atoms with Crippen LogP contribution >= 0.6 is 23.2 Å². The fourth-order valence-corrected chi connectivity index (χ4v) is 2.20. The molecule has 0 heterocycles. The summed E-state index contributed by atoms with van der Waals surface area (Å²) in [5.74, 6) is 0.503. The molecule has 3 nitrogen and oxygen atoms in total. The molecule has 0 saturated carbocycles. The molecule has 0 fully saturated rings. The quantitative estimate of drug-likeness (QED) is 0.901. The third-order valence-electron chi connectivity index (χ3n) is 2.60. The molecule has 0 aliphatic rings. The van der Waals surface area contributed by atoms with Crippen molar-refractivity contribution in [2.45, 2.75) is 13.5 Å². The second kappa shape index (κ2) is 6.64. The van der Waals surface area contributed by atoms with Gasteiger partial charge >= 0.3 is 0 Å². The lowest BCUT2D eigenvalue weighted by Crippen LogP contribution is -2.05. The molecule has 0 bridgehead atoms. The monoisotopic (exact) mass is 309 g/mol. The van der Waals surface area contributed by atoms with Crippen molar-refractivity contribution < 1.29 is 9.53 Å². The summed E-state index contributed by atoms with van der Waals surface area (Å²) in [5.41, 5.74) is 1.42. The maximum Gasteiger partial charge on any atom is 0.221 e. The summed E-state index contributed by atoms with van der Waals surface area (Å²) >= 11 is 12.1. The van der Waals surface area contributed by atoms with E-state index >= 15 is 0 Å². The number of ether oxygens (including phenoxy) is 1. The van der Waals surface area contributed by atoms with Crippen molar-refractivity contribution in [1.29, 1.82) is 0 Å². The van der Waals surface area contributed by atoms with Crippen molar-refractivity contribution >= 4 is 34.8 Å². The van der Waals surface area contributed by atoms with Crippen LogP contribution in [0.1, 0.15) is 12.5 Å². The molecule has 5 heteroatoms.